The van der Waals surface area contributed by atoms with Gasteiger partial charge in [0, 0.05) is 12.4 Å². The standard InChI is InChI=1S/C14H19N5O.2ClH/c1-10(2)8-12(15)14(20)18-11-4-5-13(16-9-11)19-7-3-6-17-19;;/h3-7,9-10,12H,8,15H2,1-2H3,(H,18,20);2*1H/t12-;;/m0../s1. The Balaban J connectivity index is 0.00000220. The number of nitrogens with zero attached hydrogens (tertiary/aromatic N) is 3. The second-order valence-electron chi connectivity index (χ2n) is 5.08. The third-order valence-electron chi connectivity index (χ3n) is 2.82. The molecule has 2 rings (SSSR count). The summed E-state index contributed by atoms with van der Waals surface area (Å²) in [5, 5.41) is 6.85. The zero-order valence-electron chi connectivity index (χ0n) is 12.5. The first-order chi connectivity index (χ1) is 9.56. The highest BCUT2D eigenvalue weighted by molar-refractivity contribution is 5.94. The van der Waals surface area contributed by atoms with Crippen molar-refractivity contribution in [2.24, 2.45) is 11.7 Å². The van der Waals surface area contributed by atoms with Gasteiger partial charge >= 0.3 is 0 Å². The summed E-state index contributed by atoms with van der Waals surface area (Å²) in [5.74, 6) is 0.892. The number of pyridine rings is 1. The Bertz CT molecular complexity index is 557. The van der Waals surface area contributed by atoms with Gasteiger partial charge in [-0.3, -0.25) is 4.79 Å². The summed E-state index contributed by atoms with van der Waals surface area (Å²) in [7, 11) is 0. The molecule has 0 aromatic carbocycles. The lowest BCUT2D eigenvalue weighted by molar-refractivity contribution is -0.117. The van der Waals surface area contributed by atoms with Crippen molar-refractivity contribution >= 4 is 36.4 Å². The van der Waals surface area contributed by atoms with Gasteiger partial charge in [0.25, 0.3) is 0 Å². The maximum atomic E-state index is 11.9. The number of rotatable bonds is 5. The first-order valence-corrected chi connectivity index (χ1v) is 6.59. The number of nitrogens with two attached hydrogens (primary N) is 1. The number of hydrogen-bond donors (Lipinski definition) is 2. The molecule has 1 amide bonds. The van der Waals surface area contributed by atoms with Crippen molar-refractivity contribution in [1.29, 1.82) is 0 Å². The zero-order valence-corrected chi connectivity index (χ0v) is 14.1. The van der Waals surface area contributed by atoms with Crippen molar-refractivity contribution in [2.75, 3.05) is 5.32 Å². The molecule has 0 aliphatic rings. The third-order valence-corrected chi connectivity index (χ3v) is 2.82. The predicted octanol–water partition coefficient (Wildman–Crippen LogP) is 2.42. The molecule has 0 aliphatic carbocycles. The van der Waals surface area contributed by atoms with E-state index in [1.54, 1.807) is 35.4 Å². The minimum Gasteiger partial charge on any atom is -0.323 e. The molecule has 122 valence electrons. The lowest BCUT2D eigenvalue weighted by atomic mass is 10.0. The Morgan fingerprint density at radius 1 is 1.36 bits per heavy atom. The summed E-state index contributed by atoms with van der Waals surface area (Å²) < 4.78 is 1.65. The van der Waals surface area contributed by atoms with E-state index in [0.29, 0.717) is 23.8 Å². The Kier molecular flexibility index (Phi) is 8.70. The van der Waals surface area contributed by atoms with E-state index >= 15 is 0 Å². The molecule has 0 saturated carbocycles. The average molecular weight is 346 g/mol. The van der Waals surface area contributed by atoms with Gasteiger partial charge in [0.1, 0.15) is 0 Å². The second-order valence-corrected chi connectivity index (χ2v) is 5.08. The molecule has 0 saturated heterocycles. The van der Waals surface area contributed by atoms with Crippen LogP contribution < -0.4 is 11.1 Å². The highest BCUT2D eigenvalue weighted by atomic mass is 35.5. The molecule has 1 atom stereocenters. The molecule has 0 unspecified atom stereocenters. The van der Waals surface area contributed by atoms with E-state index < -0.39 is 6.04 Å². The highest BCUT2D eigenvalue weighted by Crippen LogP contribution is 2.10. The van der Waals surface area contributed by atoms with E-state index in [0.717, 1.165) is 0 Å². The van der Waals surface area contributed by atoms with Gasteiger partial charge in [0.2, 0.25) is 5.91 Å². The molecule has 2 heterocycles. The molecular formula is C14H21Cl2N5O. The van der Waals surface area contributed by atoms with Gasteiger partial charge in [0.15, 0.2) is 5.82 Å². The number of hydrogen-bond acceptors (Lipinski definition) is 4. The van der Waals surface area contributed by atoms with Crippen LogP contribution in [0, 0.1) is 5.92 Å². The second kappa shape index (κ2) is 9.40. The first-order valence-electron chi connectivity index (χ1n) is 6.59. The topological polar surface area (TPSA) is 85.8 Å². The molecule has 0 radical (unpaired) electrons. The summed E-state index contributed by atoms with van der Waals surface area (Å²) in [6.45, 7) is 4.07. The number of carbonyl (C=O) groups is 1. The van der Waals surface area contributed by atoms with Crippen molar-refractivity contribution in [1.82, 2.24) is 14.8 Å². The van der Waals surface area contributed by atoms with Gasteiger partial charge in [-0.1, -0.05) is 13.8 Å². The van der Waals surface area contributed by atoms with Gasteiger partial charge in [0.05, 0.1) is 17.9 Å². The molecule has 0 fully saturated rings. The fourth-order valence-corrected chi connectivity index (χ4v) is 1.85. The van der Waals surface area contributed by atoms with Crippen LogP contribution in [0.1, 0.15) is 20.3 Å². The normalized spacial score (nSPS) is 11.3. The van der Waals surface area contributed by atoms with Gasteiger partial charge in [-0.25, -0.2) is 9.67 Å². The van der Waals surface area contributed by atoms with Crippen LogP contribution in [0.15, 0.2) is 36.8 Å². The van der Waals surface area contributed by atoms with Gasteiger partial charge in [-0.05, 0) is 30.5 Å². The first kappa shape index (κ1) is 20.4. The van der Waals surface area contributed by atoms with Crippen molar-refractivity contribution < 1.29 is 4.79 Å². The van der Waals surface area contributed by atoms with E-state index in [9.17, 15) is 4.79 Å². The van der Waals surface area contributed by atoms with Crippen LogP contribution in [-0.4, -0.2) is 26.7 Å². The summed E-state index contributed by atoms with van der Waals surface area (Å²) in [6, 6.07) is 4.89. The Morgan fingerprint density at radius 3 is 2.59 bits per heavy atom. The van der Waals surface area contributed by atoms with Crippen LogP contribution >= 0.6 is 24.8 Å². The van der Waals surface area contributed by atoms with Crippen molar-refractivity contribution in [3.63, 3.8) is 0 Å². The minimum atomic E-state index is -0.499. The minimum absolute atomic E-state index is 0. The molecule has 0 bridgehead atoms. The van der Waals surface area contributed by atoms with Crippen LogP contribution in [0.3, 0.4) is 0 Å². The largest absolute Gasteiger partial charge is 0.323 e. The lowest BCUT2D eigenvalue weighted by Gasteiger charge is -2.14. The maximum Gasteiger partial charge on any atom is 0.241 e. The lowest BCUT2D eigenvalue weighted by Crippen LogP contribution is -2.36. The summed E-state index contributed by atoms with van der Waals surface area (Å²) >= 11 is 0. The number of carbonyl (C=O) groups excluding carboxylic acids is 1. The van der Waals surface area contributed by atoms with Gasteiger partial charge in [-0.15, -0.1) is 24.8 Å². The molecule has 0 aliphatic heterocycles. The molecule has 8 heteroatoms. The predicted molar refractivity (Wildman–Crippen MR) is 91.9 cm³/mol. The summed E-state index contributed by atoms with van der Waals surface area (Å²) in [4.78, 5) is 16.1. The molecule has 2 aromatic rings. The third kappa shape index (κ3) is 5.63. The number of nitrogens with one attached hydrogen (secondary N) is 1. The molecule has 0 spiro atoms. The molecule has 22 heavy (non-hydrogen) atoms. The van der Waals surface area contributed by atoms with Gasteiger partial charge < -0.3 is 11.1 Å². The Hall–Kier alpha value is -1.63. The fraction of sp³-hybridized carbons (Fsp3) is 0.357. The average Bonchev–Trinajstić information content (AvgIpc) is 2.92. The smallest absolute Gasteiger partial charge is 0.241 e. The molecule has 6 nitrogen and oxygen atoms in total. The molecular weight excluding hydrogens is 325 g/mol. The summed E-state index contributed by atoms with van der Waals surface area (Å²) in [5.41, 5.74) is 6.46. The van der Waals surface area contributed by atoms with Gasteiger partial charge in [-0.2, -0.15) is 5.10 Å². The zero-order chi connectivity index (χ0) is 14.5. The van der Waals surface area contributed by atoms with Crippen LogP contribution in [0.25, 0.3) is 5.82 Å². The van der Waals surface area contributed by atoms with E-state index in [4.69, 9.17) is 5.73 Å². The van der Waals surface area contributed by atoms with Crippen molar-refractivity contribution in [3.8, 4) is 5.82 Å². The maximum absolute atomic E-state index is 11.9. The summed E-state index contributed by atoms with van der Waals surface area (Å²) in [6.07, 6.45) is 5.74. The van der Waals surface area contributed by atoms with Crippen LogP contribution in [0.5, 0.6) is 0 Å². The molecule has 2 aromatic heterocycles. The Labute approximate surface area is 142 Å². The van der Waals surface area contributed by atoms with E-state index in [2.05, 4.69) is 15.4 Å². The van der Waals surface area contributed by atoms with Crippen LogP contribution in [-0.2, 0) is 4.79 Å². The van der Waals surface area contributed by atoms with Crippen LogP contribution in [0.2, 0.25) is 0 Å². The van der Waals surface area contributed by atoms with Crippen molar-refractivity contribution in [3.05, 3.63) is 36.8 Å². The number of halogens is 2. The number of aromatic nitrogens is 3. The van der Waals surface area contributed by atoms with E-state index in [1.165, 1.54) is 0 Å². The highest BCUT2D eigenvalue weighted by Gasteiger charge is 2.15. The monoisotopic (exact) mass is 345 g/mol. The van der Waals surface area contributed by atoms with Crippen LogP contribution in [0.4, 0.5) is 5.69 Å². The Morgan fingerprint density at radius 2 is 2.09 bits per heavy atom. The van der Waals surface area contributed by atoms with Crippen molar-refractivity contribution in [2.45, 2.75) is 26.3 Å². The van der Waals surface area contributed by atoms with E-state index in [1.807, 2.05) is 19.9 Å². The van der Waals surface area contributed by atoms with E-state index in [-0.39, 0.29) is 30.7 Å². The number of amides is 1. The molecule has 3 N–H and O–H groups in total. The quantitative estimate of drug-likeness (QED) is 0.871. The number of anilines is 1. The fourth-order valence-electron chi connectivity index (χ4n) is 1.85. The SMILES string of the molecule is CC(C)C[C@H](N)C(=O)Nc1ccc(-n2cccn2)nc1.Cl.Cl.